The fourth-order valence-electron chi connectivity index (χ4n) is 1.54. The number of rotatable bonds is 4. The van der Waals surface area contributed by atoms with Crippen molar-refractivity contribution in [1.29, 1.82) is 0 Å². The molecule has 102 valence electrons. The number of anilines is 1. The lowest BCUT2D eigenvalue weighted by atomic mass is 10.2. The van der Waals surface area contributed by atoms with Gasteiger partial charge in [0.25, 0.3) is 5.82 Å². The van der Waals surface area contributed by atoms with Gasteiger partial charge in [-0.1, -0.05) is 25.3 Å². The van der Waals surface area contributed by atoms with Gasteiger partial charge < -0.3 is 4.74 Å². The lowest BCUT2D eigenvalue weighted by molar-refractivity contribution is -0.554. The Hall–Kier alpha value is -2.10. The molecule has 1 aromatic heterocycles. The summed E-state index contributed by atoms with van der Waals surface area (Å²) in [7, 11) is 0. The summed E-state index contributed by atoms with van der Waals surface area (Å²) in [6.45, 7) is 13.3. The maximum absolute atomic E-state index is 12.2. The van der Waals surface area contributed by atoms with Crippen molar-refractivity contribution in [3.63, 3.8) is 0 Å². The summed E-state index contributed by atoms with van der Waals surface area (Å²) < 4.78 is 7.16. The Balaban J connectivity index is 3.09. The van der Waals surface area contributed by atoms with Gasteiger partial charge in [-0.25, -0.2) is 4.57 Å². The van der Waals surface area contributed by atoms with Gasteiger partial charge in [0.1, 0.15) is 12.1 Å². The molecule has 1 heterocycles. The van der Waals surface area contributed by atoms with Crippen LogP contribution in [0.5, 0.6) is 0 Å². The van der Waals surface area contributed by atoms with Gasteiger partial charge in [0, 0.05) is 6.07 Å². The summed E-state index contributed by atoms with van der Waals surface area (Å²) in [4.78, 5) is 13.7. The Kier molecular flexibility index (Phi) is 4.87. The molecule has 0 spiro atoms. The summed E-state index contributed by atoms with van der Waals surface area (Å²) in [6, 6.07) is 5.55. The number of pyridine rings is 1. The predicted octanol–water partition coefficient (Wildman–Crippen LogP) is 3.00. The molecule has 0 aliphatic carbocycles. The van der Waals surface area contributed by atoms with Crippen LogP contribution in [0, 0.1) is 0 Å². The van der Waals surface area contributed by atoms with Crippen LogP contribution in [0.2, 0.25) is 0 Å². The monoisotopic (exact) mass is 261 g/mol. The average molecular weight is 261 g/mol. The highest BCUT2D eigenvalue weighted by Crippen LogP contribution is 2.14. The molecule has 0 radical (unpaired) electrons. The number of ether oxygens (including phenoxy) is 1. The molecule has 0 fully saturated rings. The molecule has 0 bridgehead atoms. The third kappa shape index (κ3) is 4.25. The van der Waals surface area contributed by atoms with Gasteiger partial charge in [0.2, 0.25) is 0 Å². The molecule has 0 atom stereocenters. The van der Waals surface area contributed by atoms with Gasteiger partial charge in [0.15, 0.2) is 0 Å². The third-order valence-corrected chi connectivity index (χ3v) is 2.27. The zero-order chi connectivity index (χ0) is 14.5. The van der Waals surface area contributed by atoms with Crippen LogP contribution >= 0.6 is 0 Å². The minimum Gasteiger partial charge on any atom is -0.425 e. The zero-order valence-corrected chi connectivity index (χ0v) is 11.8. The van der Waals surface area contributed by atoms with E-state index in [0.29, 0.717) is 12.4 Å². The van der Waals surface area contributed by atoms with Gasteiger partial charge in [-0.15, -0.1) is 0 Å². The van der Waals surface area contributed by atoms with Crippen molar-refractivity contribution < 1.29 is 14.1 Å². The average Bonchev–Trinajstić information content (AvgIpc) is 2.33. The topological polar surface area (TPSA) is 33.4 Å². The van der Waals surface area contributed by atoms with Crippen LogP contribution in [-0.2, 0) is 4.74 Å². The molecular formula is C15H21N2O2+. The van der Waals surface area contributed by atoms with E-state index in [2.05, 4.69) is 13.2 Å². The molecule has 0 aliphatic heterocycles. The summed E-state index contributed by atoms with van der Waals surface area (Å²) in [5.41, 5.74) is -0.537. The van der Waals surface area contributed by atoms with Crippen LogP contribution in [0.25, 0.3) is 6.20 Å². The second kappa shape index (κ2) is 6.18. The fourth-order valence-corrected chi connectivity index (χ4v) is 1.54. The molecule has 1 amide bonds. The van der Waals surface area contributed by atoms with Gasteiger partial charge in [-0.05, 0) is 26.8 Å². The Bertz CT molecular complexity index is 475. The number of carbonyl (C=O) groups is 1. The predicted molar refractivity (Wildman–Crippen MR) is 76.8 cm³/mol. The first kappa shape index (κ1) is 15.0. The second-order valence-corrected chi connectivity index (χ2v) is 5.03. The van der Waals surface area contributed by atoms with Crippen molar-refractivity contribution in [2.24, 2.45) is 0 Å². The molecule has 0 unspecified atom stereocenters. The highest BCUT2D eigenvalue weighted by atomic mass is 16.6. The number of aromatic nitrogens is 1. The largest absolute Gasteiger partial charge is 0.507 e. The normalized spacial score (nSPS) is 10.7. The molecule has 1 rings (SSSR count). The summed E-state index contributed by atoms with van der Waals surface area (Å²) >= 11 is 0. The molecule has 4 nitrogen and oxygen atoms in total. The summed E-state index contributed by atoms with van der Waals surface area (Å²) in [5.74, 6) is 0.687. The molecule has 4 heteroatoms. The van der Waals surface area contributed by atoms with Gasteiger partial charge in [-0.2, -0.15) is 9.69 Å². The molecule has 0 saturated carbocycles. The molecule has 1 aromatic rings. The first-order chi connectivity index (χ1) is 8.89. The summed E-state index contributed by atoms with van der Waals surface area (Å²) in [6.07, 6.45) is 4.71. The SMILES string of the molecule is C=CCN(C(=O)OC(C)(C)C)c1cccc[n+]1C=C. The number of hydrogen-bond donors (Lipinski definition) is 0. The highest BCUT2D eigenvalue weighted by molar-refractivity contribution is 5.86. The minimum atomic E-state index is -0.537. The number of amides is 1. The molecule has 19 heavy (non-hydrogen) atoms. The summed E-state index contributed by atoms with van der Waals surface area (Å²) in [5, 5.41) is 0. The highest BCUT2D eigenvalue weighted by Gasteiger charge is 2.30. The van der Waals surface area contributed by atoms with E-state index in [4.69, 9.17) is 4.74 Å². The van der Waals surface area contributed by atoms with Gasteiger partial charge in [-0.3, -0.25) is 0 Å². The van der Waals surface area contributed by atoms with Crippen LogP contribution in [0.3, 0.4) is 0 Å². The molecule has 0 aromatic carbocycles. The lowest BCUT2D eigenvalue weighted by Gasteiger charge is -2.22. The van der Waals surface area contributed by atoms with Crippen LogP contribution in [0.4, 0.5) is 10.6 Å². The first-order valence-electron chi connectivity index (χ1n) is 6.13. The van der Waals surface area contributed by atoms with E-state index in [1.54, 1.807) is 16.8 Å². The van der Waals surface area contributed by atoms with Crippen molar-refractivity contribution in [1.82, 2.24) is 0 Å². The minimum absolute atomic E-state index is 0.368. The van der Waals surface area contributed by atoms with E-state index in [0.717, 1.165) is 0 Å². The van der Waals surface area contributed by atoms with E-state index in [1.807, 2.05) is 45.2 Å². The molecular weight excluding hydrogens is 240 g/mol. The number of carbonyl (C=O) groups excluding carboxylic acids is 1. The third-order valence-electron chi connectivity index (χ3n) is 2.27. The maximum atomic E-state index is 12.2. The Morgan fingerprint density at radius 3 is 2.63 bits per heavy atom. The second-order valence-electron chi connectivity index (χ2n) is 5.03. The first-order valence-corrected chi connectivity index (χ1v) is 6.13. The van der Waals surface area contributed by atoms with Crippen molar-refractivity contribution >= 4 is 18.1 Å². The van der Waals surface area contributed by atoms with Gasteiger partial charge >= 0.3 is 6.09 Å². The van der Waals surface area contributed by atoms with Crippen molar-refractivity contribution in [2.75, 3.05) is 11.4 Å². The Labute approximate surface area is 114 Å². The van der Waals surface area contributed by atoms with Gasteiger partial charge in [0.05, 0.1) is 12.4 Å². The van der Waals surface area contributed by atoms with Crippen LogP contribution < -0.4 is 9.47 Å². The standard InChI is InChI=1S/C15H21N2O2/c1-6-11-17(14(18)19-15(3,4)5)13-10-8-9-12-16(13)7-2/h6-10,12H,1-2,11H2,3-5H3/q+1. The lowest BCUT2D eigenvalue weighted by Crippen LogP contribution is -2.43. The van der Waals surface area contributed by atoms with E-state index >= 15 is 0 Å². The molecule has 0 N–H and O–H groups in total. The van der Waals surface area contributed by atoms with E-state index in [9.17, 15) is 4.79 Å². The Morgan fingerprint density at radius 2 is 2.11 bits per heavy atom. The van der Waals surface area contributed by atoms with E-state index < -0.39 is 11.7 Å². The van der Waals surface area contributed by atoms with Crippen molar-refractivity contribution in [3.8, 4) is 0 Å². The quantitative estimate of drug-likeness (QED) is 0.616. The van der Waals surface area contributed by atoms with Crippen LogP contribution in [0.1, 0.15) is 20.8 Å². The molecule has 0 aliphatic rings. The Morgan fingerprint density at radius 1 is 1.42 bits per heavy atom. The zero-order valence-electron chi connectivity index (χ0n) is 11.8. The van der Waals surface area contributed by atoms with Crippen molar-refractivity contribution in [3.05, 3.63) is 43.6 Å². The van der Waals surface area contributed by atoms with Crippen molar-refractivity contribution in [2.45, 2.75) is 26.4 Å². The van der Waals surface area contributed by atoms with E-state index in [-0.39, 0.29) is 0 Å². The molecule has 0 saturated heterocycles. The number of nitrogens with zero attached hydrogens (tertiary/aromatic N) is 2. The van der Waals surface area contributed by atoms with Crippen LogP contribution in [-0.4, -0.2) is 18.2 Å². The fraction of sp³-hybridized carbons (Fsp3) is 0.333. The smallest absolute Gasteiger partial charge is 0.425 e. The van der Waals surface area contributed by atoms with E-state index in [1.165, 1.54) is 4.90 Å². The number of hydrogen-bond acceptors (Lipinski definition) is 2. The van der Waals surface area contributed by atoms with Crippen LogP contribution in [0.15, 0.2) is 43.6 Å². The maximum Gasteiger partial charge on any atom is 0.507 e.